The van der Waals surface area contributed by atoms with Crippen LogP contribution < -0.4 is 15.0 Å². The van der Waals surface area contributed by atoms with Gasteiger partial charge in [-0.2, -0.15) is 0 Å². The fraction of sp³-hybridized carbons (Fsp3) is 0.259. The standard InChI is InChI=1S/C23H26N4O2.2C2H2O4/c1-17-15-20(18-7-3-4-8-19(18)24-17)25-23(28)16-26-11-13-27(14-12-26)21-9-5-6-10-22(21)29-2;2*3-1(4)2(5)6/h3-10,15H,11-14,16H2,1-2H3,(H,24,25,28);2*(H,3,4)(H,5,6). The van der Waals surface area contributed by atoms with Crippen molar-refractivity contribution in [3.8, 4) is 5.75 Å². The van der Waals surface area contributed by atoms with Crippen molar-refractivity contribution >= 4 is 52.1 Å². The summed E-state index contributed by atoms with van der Waals surface area (Å²) in [5.74, 6) is -6.40. The minimum atomic E-state index is -1.82. The van der Waals surface area contributed by atoms with Gasteiger partial charge in [-0.1, -0.05) is 30.3 Å². The van der Waals surface area contributed by atoms with Crippen molar-refractivity contribution in [1.29, 1.82) is 0 Å². The molecule has 0 spiro atoms. The van der Waals surface area contributed by atoms with Gasteiger partial charge in [-0.05, 0) is 31.2 Å². The number of hydrogen-bond acceptors (Lipinski definition) is 9. The van der Waals surface area contributed by atoms with Crippen LogP contribution >= 0.6 is 0 Å². The maximum atomic E-state index is 12.7. The molecule has 0 aliphatic carbocycles. The molecule has 0 atom stereocenters. The highest BCUT2D eigenvalue weighted by atomic mass is 16.5. The molecule has 14 nitrogen and oxygen atoms in total. The number of nitrogens with zero attached hydrogens (tertiary/aromatic N) is 3. The van der Waals surface area contributed by atoms with Crippen LogP contribution in [0.1, 0.15) is 5.69 Å². The van der Waals surface area contributed by atoms with Gasteiger partial charge in [0.15, 0.2) is 0 Å². The van der Waals surface area contributed by atoms with Crippen LogP contribution in [0.4, 0.5) is 11.4 Å². The van der Waals surface area contributed by atoms with Gasteiger partial charge in [-0.25, -0.2) is 19.2 Å². The number of carboxylic acids is 4. The average molecular weight is 571 g/mol. The van der Waals surface area contributed by atoms with Crippen LogP contribution in [0.15, 0.2) is 54.6 Å². The molecule has 1 aromatic heterocycles. The lowest BCUT2D eigenvalue weighted by molar-refractivity contribution is -0.159. The Hall–Kier alpha value is -5.24. The molecule has 0 unspecified atom stereocenters. The third-order valence-corrected chi connectivity index (χ3v) is 5.65. The Morgan fingerprint density at radius 3 is 1.93 bits per heavy atom. The van der Waals surface area contributed by atoms with Gasteiger partial charge in [0.25, 0.3) is 0 Å². The number of anilines is 2. The van der Waals surface area contributed by atoms with Crippen molar-refractivity contribution in [2.45, 2.75) is 6.92 Å². The summed E-state index contributed by atoms with van der Waals surface area (Å²) in [7, 11) is 1.70. The largest absolute Gasteiger partial charge is 0.495 e. The molecule has 2 heterocycles. The quantitative estimate of drug-likeness (QED) is 0.277. The normalized spacial score (nSPS) is 12.6. The van der Waals surface area contributed by atoms with E-state index >= 15 is 0 Å². The molecule has 3 aromatic rings. The first kappa shape index (κ1) is 32.0. The molecule has 0 radical (unpaired) electrons. The number of rotatable bonds is 5. The number of para-hydroxylation sites is 3. The van der Waals surface area contributed by atoms with Crippen molar-refractivity contribution < 1.29 is 49.1 Å². The molecule has 1 aliphatic heterocycles. The number of fused-ring (bicyclic) bond motifs is 1. The summed E-state index contributed by atoms with van der Waals surface area (Å²) in [6.45, 7) is 5.73. The fourth-order valence-electron chi connectivity index (χ4n) is 3.84. The van der Waals surface area contributed by atoms with Gasteiger partial charge >= 0.3 is 23.9 Å². The van der Waals surface area contributed by atoms with Crippen LogP contribution in [0.3, 0.4) is 0 Å². The van der Waals surface area contributed by atoms with Gasteiger partial charge in [0, 0.05) is 37.3 Å². The predicted molar refractivity (Wildman–Crippen MR) is 147 cm³/mol. The minimum absolute atomic E-state index is 0.00601. The molecule has 0 bridgehead atoms. The van der Waals surface area contributed by atoms with Crippen molar-refractivity contribution in [3.05, 3.63) is 60.3 Å². The number of aliphatic carboxylic acids is 4. The molecule has 218 valence electrons. The van der Waals surface area contributed by atoms with Crippen LogP contribution in [0.25, 0.3) is 10.9 Å². The number of aryl methyl sites for hydroxylation is 1. The van der Waals surface area contributed by atoms with E-state index in [0.717, 1.165) is 59.9 Å². The Bertz CT molecular complexity index is 1360. The number of piperazine rings is 1. The third kappa shape index (κ3) is 10.1. The number of amides is 1. The molecule has 1 aliphatic rings. The summed E-state index contributed by atoms with van der Waals surface area (Å²) in [5, 5.41) is 33.6. The van der Waals surface area contributed by atoms with Crippen LogP contribution in [0.5, 0.6) is 5.75 Å². The number of pyridine rings is 1. The Kier molecular flexibility index (Phi) is 12.0. The first-order chi connectivity index (χ1) is 19.4. The first-order valence-electron chi connectivity index (χ1n) is 12.1. The number of carboxylic acid groups (broad SMARTS) is 4. The Balaban J connectivity index is 0.000000413. The van der Waals surface area contributed by atoms with Crippen molar-refractivity contribution in [2.75, 3.05) is 50.1 Å². The zero-order valence-corrected chi connectivity index (χ0v) is 22.3. The SMILES string of the molecule is COc1ccccc1N1CCN(CC(=O)Nc2cc(C)nc3ccccc23)CC1.O=C(O)C(=O)O.O=C(O)C(=O)O. The second-order valence-electron chi connectivity index (χ2n) is 8.53. The molecular weight excluding hydrogens is 540 g/mol. The zero-order chi connectivity index (χ0) is 30.5. The smallest absolute Gasteiger partial charge is 0.414 e. The number of carbonyl (C=O) groups excluding carboxylic acids is 1. The third-order valence-electron chi connectivity index (χ3n) is 5.65. The lowest BCUT2D eigenvalue weighted by atomic mass is 10.1. The van der Waals surface area contributed by atoms with E-state index in [2.05, 4.69) is 26.2 Å². The van der Waals surface area contributed by atoms with Gasteiger partial charge in [0.2, 0.25) is 5.91 Å². The van der Waals surface area contributed by atoms with Crippen LogP contribution in [-0.4, -0.2) is 99.9 Å². The summed E-state index contributed by atoms with van der Waals surface area (Å²) in [5.41, 5.74) is 3.72. The lowest BCUT2D eigenvalue weighted by Gasteiger charge is -2.36. The molecular formula is C27H30N4O10. The van der Waals surface area contributed by atoms with Crippen molar-refractivity contribution in [1.82, 2.24) is 9.88 Å². The van der Waals surface area contributed by atoms with E-state index < -0.39 is 23.9 Å². The van der Waals surface area contributed by atoms with Crippen LogP contribution in [0, 0.1) is 6.92 Å². The van der Waals surface area contributed by atoms with Gasteiger partial charge in [0.1, 0.15) is 5.75 Å². The molecule has 41 heavy (non-hydrogen) atoms. The van der Waals surface area contributed by atoms with E-state index in [4.69, 9.17) is 44.3 Å². The second-order valence-corrected chi connectivity index (χ2v) is 8.53. The summed E-state index contributed by atoms with van der Waals surface area (Å²) in [6.07, 6.45) is 0. The van der Waals surface area contributed by atoms with Gasteiger partial charge < -0.3 is 35.4 Å². The number of benzene rings is 2. The molecule has 0 saturated carbocycles. The van der Waals surface area contributed by atoms with Crippen molar-refractivity contribution in [3.63, 3.8) is 0 Å². The molecule has 1 amide bonds. The molecule has 1 fully saturated rings. The molecule has 4 rings (SSSR count). The highest BCUT2D eigenvalue weighted by Gasteiger charge is 2.21. The highest BCUT2D eigenvalue weighted by Crippen LogP contribution is 2.28. The number of methoxy groups -OCH3 is 1. The average Bonchev–Trinajstić information content (AvgIpc) is 2.94. The molecule has 1 saturated heterocycles. The monoisotopic (exact) mass is 570 g/mol. The molecule has 14 heteroatoms. The number of nitrogens with one attached hydrogen (secondary N) is 1. The minimum Gasteiger partial charge on any atom is -0.495 e. The fourth-order valence-corrected chi connectivity index (χ4v) is 3.84. The number of hydrogen-bond donors (Lipinski definition) is 5. The summed E-state index contributed by atoms with van der Waals surface area (Å²) in [6, 6.07) is 17.9. The summed E-state index contributed by atoms with van der Waals surface area (Å²) >= 11 is 0. The Morgan fingerprint density at radius 1 is 0.829 bits per heavy atom. The predicted octanol–water partition coefficient (Wildman–Crippen LogP) is 1.62. The topological polar surface area (TPSA) is 207 Å². The maximum Gasteiger partial charge on any atom is 0.414 e. The van der Waals surface area contributed by atoms with Crippen molar-refractivity contribution in [2.24, 2.45) is 0 Å². The molecule has 2 aromatic carbocycles. The number of ether oxygens (including phenoxy) is 1. The van der Waals surface area contributed by atoms with E-state index in [1.807, 2.05) is 55.5 Å². The second kappa shape index (κ2) is 15.4. The summed E-state index contributed by atoms with van der Waals surface area (Å²) < 4.78 is 5.48. The maximum absolute atomic E-state index is 12.7. The lowest BCUT2D eigenvalue weighted by Crippen LogP contribution is -2.48. The number of carbonyl (C=O) groups is 5. The van der Waals surface area contributed by atoms with E-state index in [-0.39, 0.29) is 5.91 Å². The van der Waals surface area contributed by atoms with Gasteiger partial charge in [-0.15, -0.1) is 0 Å². The zero-order valence-electron chi connectivity index (χ0n) is 22.3. The van der Waals surface area contributed by atoms with Gasteiger partial charge in [-0.3, -0.25) is 14.7 Å². The van der Waals surface area contributed by atoms with E-state index in [1.165, 1.54) is 0 Å². The Morgan fingerprint density at radius 2 is 1.37 bits per heavy atom. The van der Waals surface area contributed by atoms with Crippen LogP contribution in [-0.2, 0) is 24.0 Å². The Labute approximate surface area is 234 Å². The van der Waals surface area contributed by atoms with Crippen LogP contribution in [0.2, 0.25) is 0 Å². The molecule has 5 N–H and O–H groups in total. The highest BCUT2D eigenvalue weighted by molar-refractivity contribution is 6.27. The number of aromatic nitrogens is 1. The van der Waals surface area contributed by atoms with E-state index in [1.54, 1.807) is 7.11 Å². The first-order valence-corrected chi connectivity index (χ1v) is 12.1. The van der Waals surface area contributed by atoms with E-state index in [0.29, 0.717) is 6.54 Å². The van der Waals surface area contributed by atoms with Gasteiger partial charge in [0.05, 0.1) is 30.5 Å². The summed E-state index contributed by atoms with van der Waals surface area (Å²) in [4.78, 5) is 58.1. The van der Waals surface area contributed by atoms with E-state index in [9.17, 15) is 4.79 Å².